The molecule has 5 rings (SSSR count). The zero-order chi connectivity index (χ0) is 24.6. The van der Waals surface area contributed by atoms with Crippen molar-refractivity contribution >= 4 is 17.7 Å². The van der Waals surface area contributed by atoms with Crippen LogP contribution in [-0.4, -0.2) is 35.1 Å². The molecule has 2 aromatic rings. The molecular weight excluding hydrogens is 438 g/mol. The number of likely N-dealkylation sites (tertiary alicyclic amines) is 1. The molecule has 1 saturated carbocycles. The Kier molecular flexibility index (Phi) is 6.47. The molecule has 2 aliphatic heterocycles. The van der Waals surface area contributed by atoms with E-state index >= 15 is 0 Å². The number of alkyl carbamates (subject to hydrolysis) is 1. The van der Waals surface area contributed by atoms with E-state index in [0.29, 0.717) is 5.92 Å². The average molecular weight is 476 g/mol. The molecule has 2 fully saturated rings. The summed E-state index contributed by atoms with van der Waals surface area (Å²) in [4.78, 5) is 28.8. The summed E-state index contributed by atoms with van der Waals surface area (Å²) in [7, 11) is 0. The summed E-state index contributed by atoms with van der Waals surface area (Å²) in [6, 6.07) is 19.0. The van der Waals surface area contributed by atoms with Crippen LogP contribution in [0.1, 0.15) is 76.1 Å². The Morgan fingerprint density at radius 3 is 2.46 bits per heavy atom. The summed E-state index contributed by atoms with van der Waals surface area (Å²) < 4.78 is 5.51. The van der Waals surface area contributed by atoms with Crippen molar-refractivity contribution in [2.75, 3.05) is 11.9 Å². The standard InChI is InChI=1S/C29H37N3O3/c1-29(2,3)35-28(34)31-24-16-10-8-14-21(24)27(33)32-18-17-22-25(19-11-5-4-6-12-19)30-23-15-9-7-13-20(23)26(22)32/h4-7,9,11-13,15,21-22,24-26,30H,8,10,14,16-18H2,1-3H3,(H,31,34)/t21-,22+,24+,25-,26-/m0/s1. The number of para-hydroxylation sites is 1. The number of hydrogen-bond donors (Lipinski definition) is 2. The smallest absolute Gasteiger partial charge is 0.407 e. The Bertz CT molecular complexity index is 1060. The summed E-state index contributed by atoms with van der Waals surface area (Å²) in [5.74, 6) is 0.256. The normalized spacial score (nSPS) is 27.9. The van der Waals surface area contributed by atoms with E-state index in [1.54, 1.807) is 0 Å². The molecule has 6 nitrogen and oxygen atoms in total. The van der Waals surface area contributed by atoms with Gasteiger partial charge in [-0.15, -0.1) is 0 Å². The van der Waals surface area contributed by atoms with E-state index in [9.17, 15) is 9.59 Å². The molecule has 2 heterocycles. The second-order valence-corrected chi connectivity index (χ2v) is 11.2. The van der Waals surface area contributed by atoms with Crippen LogP contribution in [0.5, 0.6) is 0 Å². The minimum absolute atomic E-state index is 0.0364. The SMILES string of the molecule is CC(C)(C)OC(=O)N[C@@H]1CCCC[C@@H]1C(=O)N1CC[C@@H]2[C@H](c3ccccc3)Nc3ccccc3[C@@H]21. The first-order valence-corrected chi connectivity index (χ1v) is 13.0. The van der Waals surface area contributed by atoms with E-state index in [1.807, 2.05) is 26.8 Å². The van der Waals surface area contributed by atoms with Crippen LogP contribution < -0.4 is 10.6 Å². The van der Waals surface area contributed by atoms with Crippen LogP contribution in [0.3, 0.4) is 0 Å². The van der Waals surface area contributed by atoms with E-state index in [1.165, 1.54) is 11.1 Å². The molecule has 0 bridgehead atoms. The van der Waals surface area contributed by atoms with Crippen LogP contribution in [-0.2, 0) is 9.53 Å². The molecule has 6 heteroatoms. The minimum atomic E-state index is -0.564. The van der Waals surface area contributed by atoms with Gasteiger partial charge < -0.3 is 20.3 Å². The lowest BCUT2D eigenvalue weighted by Crippen LogP contribution is -2.51. The molecule has 5 atom stereocenters. The number of carbonyl (C=O) groups excluding carboxylic acids is 2. The fraction of sp³-hybridized carbons (Fsp3) is 0.517. The zero-order valence-electron chi connectivity index (χ0n) is 21.0. The molecule has 1 aliphatic carbocycles. The number of hydrogen-bond acceptors (Lipinski definition) is 4. The van der Waals surface area contributed by atoms with Crippen LogP contribution in [0.25, 0.3) is 0 Å². The van der Waals surface area contributed by atoms with Crippen molar-refractivity contribution in [2.24, 2.45) is 11.8 Å². The second kappa shape index (κ2) is 9.56. The van der Waals surface area contributed by atoms with Crippen molar-refractivity contribution in [1.29, 1.82) is 0 Å². The highest BCUT2D eigenvalue weighted by Crippen LogP contribution is 2.51. The maximum absolute atomic E-state index is 14.1. The molecule has 1 saturated heterocycles. The molecule has 0 unspecified atom stereocenters. The number of carbonyl (C=O) groups is 2. The van der Waals surface area contributed by atoms with Crippen molar-refractivity contribution in [1.82, 2.24) is 10.2 Å². The minimum Gasteiger partial charge on any atom is -0.444 e. The molecular formula is C29H37N3O3. The average Bonchev–Trinajstić information content (AvgIpc) is 3.28. The van der Waals surface area contributed by atoms with Gasteiger partial charge in [0.2, 0.25) is 5.91 Å². The van der Waals surface area contributed by atoms with Crippen molar-refractivity contribution in [3.8, 4) is 0 Å². The highest BCUT2D eigenvalue weighted by Gasteiger charge is 2.48. The van der Waals surface area contributed by atoms with Gasteiger partial charge in [0.15, 0.2) is 0 Å². The van der Waals surface area contributed by atoms with Gasteiger partial charge in [-0.1, -0.05) is 61.4 Å². The molecule has 2 aromatic carbocycles. The van der Waals surface area contributed by atoms with E-state index in [0.717, 1.165) is 44.3 Å². The molecule has 0 radical (unpaired) electrons. The van der Waals surface area contributed by atoms with Crippen molar-refractivity contribution in [3.05, 3.63) is 65.7 Å². The first-order chi connectivity index (χ1) is 16.8. The molecule has 35 heavy (non-hydrogen) atoms. The number of nitrogens with one attached hydrogen (secondary N) is 2. The lowest BCUT2D eigenvalue weighted by Gasteiger charge is -2.42. The third-order valence-electron chi connectivity index (χ3n) is 7.69. The number of fused-ring (bicyclic) bond motifs is 3. The monoisotopic (exact) mass is 475 g/mol. The number of ether oxygens (including phenoxy) is 1. The fourth-order valence-corrected chi connectivity index (χ4v) is 6.23. The highest BCUT2D eigenvalue weighted by molar-refractivity contribution is 5.82. The Labute approximate surface area is 208 Å². The molecule has 3 aliphatic rings. The van der Waals surface area contributed by atoms with Gasteiger partial charge in [0, 0.05) is 24.2 Å². The van der Waals surface area contributed by atoms with Crippen molar-refractivity contribution in [2.45, 2.75) is 76.6 Å². The summed E-state index contributed by atoms with van der Waals surface area (Å²) in [5, 5.41) is 6.80. The fourth-order valence-electron chi connectivity index (χ4n) is 6.23. The van der Waals surface area contributed by atoms with E-state index in [2.05, 4.69) is 64.1 Å². The highest BCUT2D eigenvalue weighted by atomic mass is 16.6. The Morgan fingerprint density at radius 1 is 0.971 bits per heavy atom. The number of rotatable bonds is 3. The van der Waals surface area contributed by atoms with Crippen LogP contribution >= 0.6 is 0 Å². The lowest BCUT2D eigenvalue weighted by atomic mass is 9.79. The van der Waals surface area contributed by atoms with Gasteiger partial charge in [0.05, 0.1) is 18.0 Å². The Balaban J connectivity index is 1.41. The van der Waals surface area contributed by atoms with Gasteiger partial charge in [-0.3, -0.25) is 4.79 Å². The Hall–Kier alpha value is -3.02. The number of nitrogens with zero attached hydrogens (tertiary/aromatic N) is 1. The molecule has 2 amide bonds. The second-order valence-electron chi connectivity index (χ2n) is 11.2. The first kappa shape index (κ1) is 23.7. The number of anilines is 1. The third-order valence-corrected chi connectivity index (χ3v) is 7.69. The van der Waals surface area contributed by atoms with E-state index in [4.69, 9.17) is 4.74 Å². The summed E-state index contributed by atoms with van der Waals surface area (Å²) in [5.41, 5.74) is 3.00. The van der Waals surface area contributed by atoms with E-state index < -0.39 is 11.7 Å². The summed E-state index contributed by atoms with van der Waals surface area (Å²) in [6.07, 6.45) is 4.15. The van der Waals surface area contributed by atoms with Crippen molar-refractivity contribution in [3.63, 3.8) is 0 Å². The summed E-state index contributed by atoms with van der Waals surface area (Å²) >= 11 is 0. The third kappa shape index (κ3) is 4.89. The van der Waals surface area contributed by atoms with Gasteiger partial charge in [-0.25, -0.2) is 4.79 Å². The van der Waals surface area contributed by atoms with Gasteiger partial charge in [-0.2, -0.15) is 0 Å². The molecule has 0 aromatic heterocycles. The van der Waals surface area contributed by atoms with Gasteiger partial charge in [0.25, 0.3) is 0 Å². The molecule has 0 spiro atoms. The topological polar surface area (TPSA) is 70.7 Å². The van der Waals surface area contributed by atoms with Crippen LogP contribution in [0.2, 0.25) is 0 Å². The predicted molar refractivity (Wildman–Crippen MR) is 137 cm³/mol. The Morgan fingerprint density at radius 2 is 1.69 bits per heavy atom. The molecule has 186 valence electrons. The van der Waals surface area contributed by atoms with Crippen LogP contribution in [0, 0.1) is 11.8 Å². The number of amides is 2. The largest absolute Gasteiger partial charge is 0.444 e. The maximum atomic E-state index is 14.1. The van der Waals surface area contributed by atoms with Gasteiger partial charge in [-0.05, 0) is 57.2 Å². The quantitative estimate of drug-likeness (QED) is 0.586. The van der Waals surface area contributed by atoms with Crippen LogP contribution in [0.4, 0.5) is 10.5 Å². The first-order valence-electron chi connectivity index (χ1n) is 13.0. The van der Waals surface area contributed by atoms with Crippen molar-refractivity contribution < 1.29 is 14.3 Å². The molecule has 2 N–H and O–H groups in total. The van der Waals surface area contributed by atoms with Gasteiger partial charge in [0.1, 0.15) is 5.60 Å². The number of benzene rings is 2. The summed E-state index contributed by atoms with van der Waals surface area (Å²) in [6.45, 7) is 6.32. The van der Waals surface area contributed by atoms with E-state index in [-0.39, 0.29) is 30.0 Å². The van der Waals surface area contributed by atoms with Gasteiger partial charge >= 0.3 is 6.09 Å². The lowest BCUT2D eigenvalue weighted by molar-refractivity contribution is -0.139. The predicted octanol–water partition coefficient (Wildman–Crippen LogP) is 5.83. The zero-order valence-corrected chi connectivity index (χ0v) is 21.0. The van der Waals surface area contributed by atoms with Crippen LogP contribution in [0.15, 0.2) is 54.6 Å². The maximum Gasteiger partial charge on any atom is 0.407 e.